The number of anilines is 1. The van der Waals surface area contributed by atoms with E-state index in [9.17, 15) is 22.0 Å². The van der Waals surface area contributed by atoms with Gasteiger partial charge in [-0.25, -0.2) is 8.78 Å². The van der Waals surface area contributed by atoms with Crippen molar-refractivity contribution in [1.82, 2.24) is 24.9 Å². The van der Waals surface area contributed by atoms with Gasteiger partial charge in [0.05, 0.1) is 17.7 Å². The second kappa shape index (κ2) is 10.2. The molecule has 0 spiro atoms. The number of hydrogen-bond donors (Lipinski definition) is 2. The first-order valence-electron chi connectivity index (χ1n) is 9.12. The average molecular weight is 483 g/mol. The van der Waals surface area contributed by atoms with Gasteiger partial charge in [-0.3, -0.25) is 0 Å². The van der Waals surface area contributed by atoms with E-state index in [0.717, 1.165) is 29.9 Å². The number of aromatic nitrogens is 4. The molecule has 0 unspecified atom stereocenters. The fourth-order valence-electron chi connectivity index (χ4n) is 2.77. The van der Waals surface area contributed by atoms with Gasteiger partial charge in [0.1, 0.15) is 40.7 Å². The van der Waals surface area contributed by atoms with Crippen LogP contribution >= 0.6 is 11.6 Å². The minimum absolute atomic E-state index is 0. The third-order valence-corrected chi connectivity index (χ3v) is 4.61. The van der Waals surface area contributed by atoms with Gasteiger partial charge in [-0.1, -0.05) is 11.6 Å². The number of nitrogens with one attached hydrogen (secondary N) is 2. The largest absolute Gasteiger partial charge is 0.493 e. The van der Waals surface area contributed by atoms with Crippen molar-refractivity contribution in [3.63, 3.8) is 0 Å². The summed E-state index contributed by atoms with van der Waals surface area (Å²) in [6.45, 7) is 1.70. The zero-order valence-electron chi connectivity index (χ0n) is 16.9. The molecule has 0 saturated heterocycles. The molecule has 0 aliphatic rings. The van der Waals surface area contributed by atoms with Crippen LogP contribution < -0.4 is 15.4 Å². The van der Waals surface area contributed by atoms with Crippen molar-refractivity contribution in [3.8, 4) is 16.9 Å². The molecule has 14 heteroatoms. The molecule has 0 radical (unpaired) electrons. The second-order valence-electron chi connectivity index (χ2n) is 6.57. The summed E-state index contributed by atoms with van der Waals surface area (Å²) in [6, 6.07) is -0.231. The molecule has 0 saturated carbocycles. The summed E-state index contributed by atoms with van der Waals surface area (Å²) in [5.74, 6) is -2.79. The zero-order chi connectivity index (χ0) is 22.8. The number of rotatable bonds is 8. The lowest BCUT2D eigenvalue weighted by molar-refractivity contribution is -0.138. The molecule has 1 aromatic carbocycles. The molecule has 3 aromatic rings. The lowest BCUT2D eigenvalue weighted by Gasteiger charge is -2.21. The van der Waals surface area contributed by atoms with Crippen LogP contribution in [0.5, 0.6) is 5.75 Å². The van der Waals surface area contributed by atoms with Gasteiger partial charge >= 0.3 is 6.18 Å². The lowest BCUT2D eigenvalue weighted by Crippen LogP contribution is -2.34. The van der Waals surface area contributed by atoms with E-state index in [2.05, 4.69) is 25.7 Å². The smallest absolute Gasteiger partial charge is 0.408 e. The van der Waals surface area contributed by atoms with Crippen molar-refractivity contribution in [2.75, 3.05) is 25.5 Å². The van der Waals surface area contributed by atoms with E-state index in [-0.39, 0.29) is 23.6 Å². The Bertz CT molecular complexity index is 1050. The summed E-state index contributed by atoms with van der Waals surface area (Å²) in [5.41, 5.74) is -1.10. The number of benzene rings is 1. The highest BCUT2D eigenvalue weighted by molar-refractivity contribution is 6.33. The fourth-order valence-corrected chi connectivity index (χ4v) is 3.03. The lowest BCUT2D eigenvalue weighted by atomic mass is 10.1. The fraction of sp³-hybridized carbons (Fsp3) is 0.389. The third kappa shape index (κ3) is 5.34. The molecule has 2 aromatic heterocycles. The number of nitrogens with zero attached hydrogens (tertiary/aromatic N) is 4. The van der Waals surface area contributed by atoms with Crippen molar-refractivity contribution in [2.24, 2.45) is 0 Å². The second-order valence-corrected chi connectivity index (χ2v) is 6.93. The summed E-state index contributed by atoms with van der Waals surface area (Å²) in [6.07, 6.45) is -3.02. The first-order valence-corrected chi connectivity index (χ1v) is 9.50. The SMILES string of the molecule is CNCCCOc1cc(F)c(-c2c(Cl)nc3ncnn3c2N[C@@H](C)C(F)(F)F)c(F)c1.O. The van der Waals surface area contributed by atoms with Crippen LogP contribution in [0, 0.1) is 11.6 Å². The molecule has 1 atom stereocenters. The van der Waals surface area contributed by atoms with Gasteiger partial charge in [0, 0.05) is 12.1 Å². The highest BCUT2D eigenvalue weighted by atomic mass is 35.5. The Hall–Kier alpha value is -2.77. The van der Waals surface area contributed by atoms with Crippen LogP contribution in [0.4, 0.5) is 27.8 Å². The number of alkyl halides is 3. The van der Waals surface area contributed by atoms with Crippen LogP contribution in [0.3, 0.4) is 0 Å². The average Bonchev–Trinajstić information content (AvgIpc) is 3.14. The molecule has 2 heterocycles. The van der Waals surface area contributed by atoms with Crippen molar-refractivity contribution in [1.29, 1.82) is 0 Å². The van der Waals surface area contributed by atoms with Crippen molar-refractivity contribution in [2.45, 2.75) is 25.6 Å². The quantitative estimate of drug-likeness (QED) is 0.290. The van der Waals surface area contributed by atoms with E-state index in [1.807, 2.05) is 0 Å². The van der Waals surface area contributed by atoms with Crippen LogP contribution in [0.15, 0.2) is 18.5 Å². The summed E-state index contributed by atoms with van der Waals surface area (Å²) >= 11 is 6.11. The molecule has 8 nitrogen and oxygen atoms in total. The molecule has 32 heavy (non-hydrogen) atoms. The summed E-state index contributed by atoms with van der Waals surface area (Å²) in [4.78, 5) is 7.65. The summed E-state index contributed by atoms with van der Waals surface area (Å²) < 4.78 is 75.5. The van der Waals surface area contributed by atoms with E-state index >= 15 is 0 Å². The van der Waals surface area contributed by atoms with Crippen molar-refractivity contribution < 1.29 is 32.2 Å². The van der Waals surface area contributed by atoms with E-state index < -0.39 is 46.0 Å². The maximum absolute atomic E-state index is 14.9. The summed E-state index contributed by atoms with van der Waals surface area (Å²) in [7, 11) is 1.75. The van der Waals surface area contributed by atoms with Crippen molar-refractivity contribution >= 4 is 23.2 Å². The van der Waals surface area contributed by atoms with Gasteiger partial charge in [-0.05, 0) is 26.9 Å². The van der Waals surface area contributed by atoms with E-state index in [4.69, 9.17) is 16.3 Å². The molecule has 0 aliphatic heterocycles. The Morgan fingerprint density at radius 1 is 1.19 bits per heavy atom. The molecular formula is C18H20ClF5N6O2. The normalized spacial score (nSPS) is 12.5. The van der Waals surface area contributed by atoms with E-state index in [1.54, 1.807) is 7.05 Å². The van der Waals surface area contributed by atoms with Gasteiger partial charge < -0.3 is 20.8 Å². The maximum Gasteiger partial charge on any atom is 0.408 e. The molecule has 0 bridgehead atoms. The van der Waals surface area contributed by atoms with Crippen LogP contribution in [-0.4, -0.2) is 57.5 Å². The number of fused-ring (bicyclic) bond motifs is 1. The van der Waals surface area contributed by atoms with Gasteiger partial charge in [-0.2, -0.15) is 32.8 Å². The Labute approximate surface area is 184 Å². The molecule has 0 aliphatic carbocycles. The van der Waals surface area contributed by atoms with Crippen molar-refractivity contribution in [3.05, 3.63) is 35.2 Å². The Balaban J connectivity index is 0.00000363. The van der Waals surface area contributed by atoms with Gasteiger partial charge in [-0.15, -0.1) is 0 Å². The van der Waals surface area contributed by atoms with Crippen LogP contribution in [0.2, 0.25) is 5.15 Å². The highest BCUT2D eigenvalue weighted by Gasteiger charge is 2.37. The van der Waals surface area contributed by atoms with Crippen LogP contribution in [0.25, 0.3) is 16.9 Å². The third-order valence-electron chi connectivity index (χ3n) is 4.33. The van der Waals surface area contributed by atoms with E-state index in [1.165, 1.54) is 0 Å². The molecule has 0 fully saturated rings. The zero-order valence-corrected chi connectivity index (χ0v) is 17.7. The predicted octanol–water partition coefficient (Wildman–Crippen LogP) is 3.25. The minimum atomic E-state index is -4.65. The molecular weight excluding hydrogens is 463 g/mol. The van der Waals surface area contributed by atoms with Crippen LogP contribution in [-0.2, 0) is 0 Å². The van der Waals surface area contributed by atoms with Gasteiger partial charge in [0.2, 0.25) is 0 Å². The molecule has 176 valence electrons. The first kappa shape index (κ1) is 25.5. The standard InChI is InChI=1S/C18H18ClF5N6O.H2O/c1-9(18(22,23)24)28-16-14(15(19)29-17-26-8-27-30(16)17)13-11(20)6-10(7-12(13)21)31-5-3-4-25-2;/h6-9,25,28H,3-5H2,1-2H3;1H2/t9-;/m0./s1. The first-order chi connectivity index (χ1) is 14.6. The molecule has 0 amide bonds. The molecule has 4 N–H and O–H groups in total. The van der Waals surface area contributed by atoms with Crippen LogP contribution in [0.1, 0.15) is 13.3 Å². The Morgan fingerprint density at radius 2 is 1.84 bits per heavy atom. The molecule has 3 rings (SSSR count). The number of halogens is 6. The minimum Gasteiger partial charge on any atom is -0.493 e. The van der Waals surface area contributed by atoms with Gasteiger partial charge in [0.25, 0.3) is 5.78 Å². The van der Waals surface area contributed by atoms with E-state index in [0.29, 0.717) is 13.0 Å². The topological polar surface area (TPSA) is 108 Å². The predicted molar refractivity (Wildman–Crippen MR) is 108 cm³/mol. The Morgan fingerprint density at radius 3 is 2.44 bits per heavy atom. The maximum atomic E-state index is 14.9. The highest BCUT2D eigenvalue weighted by Crippen LogP contribution is 2.39. The van der Waals surface area contributed by atoms with Gasteiger partial charge in [0.15, 0.2) is 0 Å². The summed E-state index contributed by atoms with van der Waals surface area (Å²) in [5, 5.41) is 8.43. The Kier molecular flexibility index (Phi) is 8.15. The number of hydrogen-bond acceptors (Lipinski definition) is 6. The monoisotopic (exact) mass is 482 g/mol. The number of ether oxygens (including phenoxy) is 1.